The van der Waals surface area contributed by atoms with E-state index in [0.717, 1.165) is 25.7 Å². The Labute approximate surface area is 188 Å². The standard InChI is InChI=1S/C24H29N5O3/c1-26-16-19(15-25)28-24(31)22(13-17-5-2-3-6-17)29-23(30)18-7-4-8-21(14-18)32-20-9-11-27-12-10-20/h4,7-12,14-17,22H,2-3,5-6,13,25H2,1H3,(H,28,31)(H,29,30)/b19-15+,26-16?. The number of aliphatic imine (C=N–C) groups is 1. The summed E-state index contributed by atoms with van der Waals surface area (Å²) in [6, 6.07) is 9.62. The first-order chi connectivity index (χ1) is 15.6. The minimum atomic E-state index is -0.685. The summed E-state index contributed by atoms with van der Waals surface area (Å²) < 4.78 is 5.79. The first-order valence-electron chi connectivity index (χ1n) is 10.7. The molecule has 0 spiro atoms. The van der Waals surface area contributed by atoms with Crippen molar-refractivity contribution in [2.45, 2.75) is 38.1 Å². The first-order valence-corrected chi connectivity index (χ1v) is 10.7. The molecule has 0 saturated heterocycles. The van der Waals surface area contributed by atoms with Gasteiger partial charge in [-0.05, 0) is 42.7 Å². The largest absolute Gasteiger partial charge is 0.457 e. The number of amides is 2. The van der Waals surface area contributed by atoms with Crippen molar-refractivity contribution in [3.63, 3.8) is 0 Å². The van der Waals surface area contributed by atoms with E-state index in [2.05, 4.69) is 20.6 Å². The van der Waals surface area contributed by atoms with Crippen LogP contribution in [-0.2, 0) is 4.79 Å². The molecule has 8 nitrogen and oxygen atoms in total. The van der Waals surface area contributed by atoms with E-state index in [1.165, 1.54) is 12.4 Å². The summed E-state index contributed by atoms with van der Waals surface area (Å²) in [6.45, 7) is 0. The maximum atomic E-state index is 13.0. The molecule has 0 radical (unpaired) electrons. The molecule has 168 valence electrons. The minimum Gasteiger partial charge on any atom is -0.457 e. The van der Waals surface area contributed by atoms with Crippen molar-refractivity contribution in [1.29, 1.82) is 0 Å². The van der Waals surface area contributed by atoms with Gasteiger partial charge < -0.3 is 21.1 Å². The van der Waals surface area contributed by atoms with Crippen LogP contribution in [0.5, 0.6) is 11.5 Å². The smallest absolute Gasteiger partial charge is 0.252 e. The summed E-state index contributed by atoms with van der Waals surface area (Å²) in [7, 11) is 1.59. The second-order valence-electron chi connectivity index (χ2n) is 7.72. The number of aromatic nitrogens is 1. The van der Waals surface area contributed by atoms with Crippen molar-refractivity contribution < 1.29 is 14.3 Å². The van der Waals surface area contributed by atoms with Gasteiger partial charge in [-0.25, -0.2) is 0 Å². The molecular formula is C24H29N5O3. The summed E-state index contributed by atoms with van der Waals surface area (Å²) in [4.78, 5) is 33.8. The number of carbonyl (C=O) groups is 2. The molecular weight excluding hydrogens is 406 g/mol. The lowest BCUT2D eigenvalue weighted by molar-refractivity contribution is -0.122. The van der Waals surface area contributed by atoms with E-state index < -0.39 is 6.04 Å². The Kier molecular flexibility index (Phi) is 8.36. The third-order valence-corrected chi connectivity index (χ3v) is 5.36. The van der Waals surface area contributed by atoms with Crippen LogP contribution in [0.3, 0.4) is 0 Å². The van der Waals surface area contributed by atoms with Crippen LogP contribution in [-0.4, -0.2) is 36.1 Å². The minimum absolute atomic E-state index is 0.314. The molecule has 8 heteroatoms. The highest BCUT2D eigenvalue weighted by molar-refractivity contribution is 5.99. The van der Waals surface area contributed by atoms with Gasteiger partial charge in [0.25, 0.3) is 5.91 Å². The SMILES string of the molecule is CN=C/C(=C\N)NC(=O)C(CC1CCCC1)NC(=O)c1cccc(Oc2ccncc2)c1. The molecule has 1 atom stereocenters. The predicted molar refractivity (Wildman–Crippen MR) is 123 cm³/mol. The van der Waals surface area contributed by atoms with Gasteiger partial charge in [-0.3, -0.25) is 19.6 Å². The van der Waals surface area contributed by atoms with Crippen LogP contribution >= 0.6 is 0 Å². The van der Waals surface area contributed by atoms with Gasteiger partial charge in [0.1, 0.15) is 17.5 Å². The summed E-state index contributed by atoms with van der Waals surface area (Å²) in [5.74, 6) is 0.886. The van der Waals surface area contributed by atoms with Crippen LogP contribution < -0.4 is 21.1 Å². The molecule has 1 heterocycles. The average molecular weight is 436 g/mol. The van der Waals surface area contributed by atoms with Crippen LogP contribution in [0, 0.1) is 5.92 Å². The second kappa shape index (κ2) is 11.6. The molecule has 32 heavy (non-hydrogen) atoms. The Morgan fingerprint density at radius 1 is 1.22 bits per heavy atom. The number of pyridine rings is 1. The molecule has 3 rings (SSSR count). The van der Waals surface area contributed by atoms with E-state index in [1.807, 2.05) is 0 Å². The summed E-state index contributed by atoms with van der Waals surface area (Å²) in [5, 5.41) is 5.64. The molecule has 2 aromatic rings. The lowest BCUT2D eigenvalue weighted by atomic mass is 9.97. The monoisotopic (exact) mass is 435 g/mol. The highest BCUT2D eigenvalue weighted by atomic mass is 16.5. The van der Waals surface area contributed by atoms with Crippen molar-refractivity contribution in [3.8, 4) is 11.5 Å². The van der Waals surface area contributed by atoms with Crippen molar-refractivity contribution in [2.24, 2.45) is 16.6 Å². The van der Waals surface area contributed by atoms with E-state index >= 15 is 0 Å². The second-order valence-corrected chi connectivity index (χ2v) is 7.72. The van der Waals surface area contributed by atoms with E-state index in [4.69, 9.17) is 10.5 Å². The number of hydrogen-bond donors (Lipinski definition) is 3. The van der Waals surface area contributed by atoms with E-state index in [1.54, 1.807) is 55.8 Å². The normalized spacial score (nSPS) is 15.5. The number of nitrogens with two attached hydrogens (primary N) is 1. The number of benzene rings is 1. The lowest BCUT2D eigenvalue weighted by Crippen LogP contribution is -2.47. The number of nitrogens with zero attached hydrogens (tertiary/aromatic N) is 2. The van der Waals surface area contributed by atoms with Crippen molar-refractivity contribution in [2.75, 3.05) is 7.05 Å². The molecule has 1 aromatic carbocycles. The average Bonchev–Trinajstić information content (AvgIpc) is 3.32. The third-order valence-electron chi connectivity index (χ3n) is 5.36. The van der Waals surface area contributed by atoms with Crippen molar-refractivity contribution in [1.82, 2.24) is 15.6 Å². The zero-order valence-corrected chi connectivity index (χ0v) is 18.2. The van der Waals surface area contributed by atoms with E-state index in [9.17, 15) is 9.59 Å². The number of carbonyl (C=O) groups excluding carboxylic acids is 2. The van der Waals surface area contributed by atoms with Gasteiger partial charge in [-0.15, -0.1) is 0 Å². The molecule has 1 saturated carbocycles. The van der Waals surface area contributed by atoms with Gasteiger partial charge in [0.15, 0.2) is 0 Å². The highest BCUT2D eigenvalue weighted by Crippen LogP contribution is 2.29. The van der Waals surface area contributed by atoms with Crippen LogP contribution in [0.1, 0.15) is 42.5 Å². The van der Waals surface area contributed by atoms with Gasteiger partial charge in [-0.1, -0.05) is 31.7 Å². The number of ether oxygens (including phenoxy) is 1. The van der Waals surface area contributed by atoms with Gasteiger partial charge in [-0.2, -0.15) is 0 Å². The molecule has 0 bridgehead atoms. The predicted octanol–water partition coefficient (Wildman–Crippen LogP) is 3.17. The molecule has 1 aliphatic rings. The van der Waals surface area contributed by atoms with Gasteiger partial charge in [0.2, 0.25) is 5.91 Å². The molecule has 1 unspecified atom stereocenters. The molecule has 4 N–H and O–H groups in total. The van der Waals surface area contributed by atoms with Crippen LogP contribution in [0.25, 0.3) is 0 Å². The molecule has 0 aliphatic heterocycles. The van der Waals surface area contributed by atoms with E-state index in [0.29, 0.717) is 35.1 Å². The van der Waals surface area contributed by atoms with E-state index in [-0.39, 0.29) is 11.8 Å². The zero-order valence-electron chi connectivity index (χ0n) is 18.2. The maximum absolute atomic E-state index is 13.0. The molecule has 1 aliphatic carbocycles. The van der Waals surface area contributed by atoms with Crippen LogP contribution in [0.2, 0.25) is 0 Å². The quantitative estimate of drug-likeness (QED) is 0.523. The zero-order chi connectivity index (χ0) is 22.8. The Bertz CT molecular complexity index is 969. The number of rotatable bonds is 9. The van der Waals surface area contributed by atoms with Crippen LogP contribution in [0.4, 0.5) is 0 Å². The summed E-state index contributed by atoms with van der Waals surface area (Å²) in [6.07, 6.45) is 11.0. The highest BCUT2D eigenvalue weighted by Gasteiger charge is 2.27. The number of nitrogens with one attached hydrogen (secondary N) is 2. The lowest BCUT2D eigenvalue weighted by Gasteiger charge is -2.22. The van der Waals surface area contributed by atoms with Gasteiger partial charge >= 0.3 is 0 Å². The number of hydrogen-bond acceptors (Lipinski definition) is 6. The van der Waals surface area contributed by atoms with Crippen LogP contribution in [0.15, 0.2) is 65.7 Å². The third kappa shape index (κ3) is 6.66. The molecule has 1 aromatic heterocycles. The molecule has 1 fully saturated rings. The topological polar surface area (TPSA) is 119 Å². The Morgan fingerprint density at radius 2 is 1.97 bits per heavy atom. The Hall–Kier alpha value is -3.68. The fourth-order valence-corrected chi connectivity index (χ4v) is 3.78. The number of allylic oxidation sites excluding steroid dienone is 1. The molecule has 2 amide bonds. The maximum Gasteiger partial charge on any atom is 0.252 e. The van der Waals surface area contributed by atoms with Crippen molar-refractivity contribution in [3.05, 3.63) is 66.3 Å². The van der Waals surface area contributed by atoms with Crippen molar-refractivity contribution >= 4 is 18.0 Å². The van der Waals surface area contributed by atoms with Gasteiger partial charge in [0, 0.05) is 37.4 Å². The Balaban J connectivity index is 1.72. The van der Waals surface area contributed by atoms with Gasteiger partial charge in [0.05, 0.1) is 5.70 Å². The summed E-state index contributed by atoms with van der Waals surface area (Å²) in [5.41, 5.74) is 6.36. The fourth-order valence-electron chi connectivity index (χ4n) is 3.78. The summed E-state index contributed by atoms with van der Waals surface area (Å²) >= 11 is 0. The fraction of sp³-hybridized carbons (Fsp3) is 0.333. The Morgan fingerprint density at radius 3 is 2.66 bits per heavy atom. The first kappa shape index (κ1) is 23.0.